The second-order valence-electron chi connectivity index (χ2n) is 6.78. The largest absolute Gasteiger partial charge is 0.416 e. The number of alkyl halides is 3. The minimum absolute atomic E-state index is 0.0107. The van der Waals surface area contributed by atoms with Gasteiger partial charge in [-0.05, 0) is 42.5 Å². The summed E-state index contributed by atoms with van der Waals surface area (Å²) in [5, 5.41) is 6.68. The molecule has 4 rings (SSSR count). The van der Waals surface area contributed by atoms with Crippen LogP contribution in [0.15, 0.2) is 53.6 Å². The summed E-state index contributed by atoms with van der Waals surface area (Å²) in [6.07, 6.45) is -1.23. The van der Waals surface area contributed by atoms with E-state index >= 15 is 0 Å². The molecule has 0 bridgehead atoms. The first kappa shape index (κ1) is 16.2. The van der Waals surface area contributed by atoms with Crippen molar-refractivity contribution in [3.8, 4) is 0 Å². The van der Waals surface area contributed by atoms with E-state index in [1.54, 1.807) is 12.1 Å². The molecule has 1 aliphatic heterocycles. The lowest BCUT2D eigenvalue weighted by Crippen LogP contribution is -2.23. The van der Waals surface area contributed by atoms with E-state index in [4.69, 9.17) is 5.10 Å². The molecular formula is C20H19F3N2. The summed E-state index contributed by atoms with van der Waals surface area (Å²) in [6, 6.07) is 13.8. The molecule has 0 radical (unpaired) electrons. The minimum atomic E-state index is -4.30. The number of hydrogen-bond acceptors (Lipinski definition) is 2. The average Bonchev–Trinajstić information content (AvgIpc) is 2.80. The lowest BCUT2D eigenvalue weighted by molar-refractivity contribution is -0.137. The predicted octanol–water partition coefficient (Wildman–Crippen LogP) is 5.05. The third kappa shape index (κ3) is 2.81. The number of aryl methyl sites for hydroxylation is 1. The second-order valence-corrected chi connectivity index (χ2v) is 6.78. The van der Waals surface area contributed by atoms with Crippen LogP contribution in [-0.4, -0.2) is 17.8 Å². The highest BCUT2D eigenvalue weighted by molar-refractivity contribution is 6.05. The zero-order chi connectivity index (χ0) is 17.6. The monoisotopic (exact) mass is 344 g/mol. The number of fused-ring (bicyclic) bond motifs is 3. The Morgan fingerprint density at radius 2 is 1.76 bits per heavy atom. The van der Waals surface area contributed by atoms with Gasteiger partial charge >= 0.3 is 6.18 Å². The number of halogens is 3. The van der Waals surface area contributed by atoms with Gasteiger partial charge in [0.05, 0.1) is 17.3 Å². The Bertz CT molecular complexity index is 808. The summed E-state index contributed by atoms with van der Waals surface area (Å²) in [5.41, 5.74) is 3.85. The van der Waals surface area contributed by atoms with Crippen LogP contribution in [0, 0.1) is 5.92 Å². The Hall–Kier alpha value is -2.30. The van der Waals surface area contributed by atoms with Crippen LogP contribution in [0.4, 0.5) is 13.2 Å². The third-order valence-electron chi connectivity index (χ3n) is 5.23. The fourth-order valence-corrected chi connectivity index (χ4v) is 4.08. The van der Waals surface area contributed by atoms with Crippen molar-refractivity contribution in [3.63, 3.8) is 0 Å². The molecule has 0 saturated heterocycles. The third-order valence-corrected chi connectivity index (χ3v) is 5.23. The van der Waals surface area contributed by atoms with E-state index in [9.17, 15) is 13.2 Å². The summed E-state index contributed by atoms with van der Waals surface area (Å²) in [5.74, 6) is 0.213. The van der Waals surface area contributed by atoms with E-state index in [0.29, 0.717) is 0 Å². The van der Waals surface area contributed by atoms with Gasteiger partial charge in [0.15, 0.2) is 0 Å². The highest BCUT2D eigenvalue weighted by Gasteiger charge is 2.39. The number of nitrogens with zero attached hydrogens (tertiary/aromatic N) is 2. The fraction of sp³-hybridized carbons (Fsp3) is 0.350. The van der Waals surface area contributed by atoms with Gasteiger partial charge in [0.1, 0.15) is 0 Å². The Morgan fingerprint density at radius 1 is 1.04 bits per heavy atom. The van der Waals surface area contributed by atoms with Crippen molar-refractivity contribution in [2.24, 2.45) is 11.0 Å². The number of hydrogen-bond donors (Lipinski definition) is 0. The molecule has 0 saturated carbocycles. The first-order chi connectivity index (χ1) is 11.9. The predicted molar refractivity (Wildman–Crippen MR) is 91.4 cm³/mol. The van der Waals surface area contributed by atoms with Gasteiger partial charge in [-0.25, -0.2) is 0 Å². The molecule has 0 fully saturated rings. The molecule has 0 spiro atoms. The van der Waals surface area contributed by atoms with E-state index in [0.717, 1.165) is 30.5 Å². The summed E-state index contributed by atoms with van der Waals surface area (Å²) >= 11 is 0. The van der Waals surface area contributed by atoms with Gasteiger partial charge in [0.2, 0.25) is 0 Å². The van der Waals surface area contributed by atoms with Crippen molar-refractivity contribution >= 4 is 5.71 Å². The molecular weight excluding hydrogens is 325 g/mol. The maximum Gasteiger partial charge on any atom is 0.416 e. The van der Waals surface area contributed by atoms with E-state index in [2.05, 4.69) is 12.1 Å². The van der Waals surface area contributed by atoms with Crippen molar-refractivity contribution < 1.29 is 13.2 Å². The van der Waals surface area contributed by atoms with Crippen LogP contribution in [0.25, 0.3) is 0 Å². The normalized spacial score (nSPS) is 22.9. The highest BCUT2D eigenvalue weighted by Crippen LogP contribution is 2.42. The molecule has 1 heterocycles. The second kappa shape index (κ2) is 5.90. The lowest BCUT2D eigenvalue weighted by Gasteiger charge is -2.25. The Balaban J connectivity index is 1.70. The molecule has 2 aliphatic rings. The van der Waals surface area contributed by atoms with Crippen molar-refractivity contribution in [2.75, 3.05) is 7.05 Å². The number of hydrazone groups is 1. The molecule has 2 nitrogen and oxygen atoms in total. The first-order valence-electron chi connectivity index (χ1n) is 8.52. The van der Waals surface area contributed by atoms with Crippen LogP contribution in [0.5, 0.6) is 0 Å². The molecule has 2 atom stereocenters. The molecule has 130 valence electrons. The summed E-state index contributed by atoms with van der Waals surface area (Å²) in [4.78, 5) is 0. The molecule has 2 aromatic rings. The van der Waals surface area contributed by atoms with E-state index < -0.39 is 11.7 Å². The topological polar surface area (TPSA) is 15.6 Å². The Labute approximate surface area is 145 Å². The molecule has 0 amide bonds. The quantitative estimate of drug-likeness (QED) is 0.707. The van der Waals surface area contributed by atoms with Crippen LogP contribution < -0.4 is 0 Å². The van der Waals surface area contributed by atoms with Crippen molar-refractivity contribution in [3.05, 3.63) is 70.8 Å². The van der Waals surface area contributed by atoms with Gasteiger partial charge in [-0.2, -0.15) is 18.3 Å². The Kier molecular flexibility index (Phi) is 3.82. The molecule has 1 aliphatic carbocycles. The summed E-state index contributed by atoms with van der Waals surface area (Å²) in [6.45, 7) is 0. The molecule has 5 heteroatoms. The van der Waals surface area contributed by atoms with Gasteiger partial charge in [0, 0.05) is 18.5 Å². The van der Waals surface area contributed by atoms with E-state index in [1.165, 1.54) is 23.3 Å². The molecule has 25 heavy (non-hydrogen) atoms. The van der Waals surface area contributed by atoms with Crippen LogP contribution in [0.3, 0.4) is 0 Å². The summed E-state index contributed by atoms with van der Waals surface area (Å²) < 4.78 is 38.5. The SMILES string of the molecule is CN1N=C2c3ccccc3CCCC2C1c1ccc(C(F)(F)F)cc1. The van der Waals surface area contributed by atoms with Gasteiger partial charge in [0.25, 0.3) is 0 Å². The zero-order valence-electron chi connectivity index (χ0n) is 13.9. The smallest absolute Gasteiger partial charge is 0.292 e. The molecule has 2 aromatic carbocycles. The van der Waals surface area contributed by atoms with Gasteiger partial charge < -0.3 is 0 Å². The molecule has 0 N–H and O–H groups in total. The molecule has 2 unspecified atom stereocenters. The van der Waals surface area contributed by atoms with Gasteiger partial charge in [-0.3, -0.25) is 5.01 Å². The van der Waals surface area contributed by atoms with Crippen LogP contribution >= 0.6 is 0 Å². The van der Waals surface area contributed by atoms with Crippen LogP contribution in [0.1, 0.15) is 41.1 Å². The highest BCUT2D eigenvalue weighted by atomic mass is 19.4. The average molecular weight is 344 g/mol. The van der Waals surface area contributed by atoms with Crippen molar-refractivity contribution in [2.45, 2.75) is 31.5 Å². The maximum atomic E-state index is 12.8. The Morgan fingerprint density at radius 3 is 2.48 bits per heavy atom. The van der Waals surface area contributed by atoms with Crippen LogP contribution in [0.2, 0.25) is 0 Å². The fourth-order valence-electron chi connectivity index (χ4n) is 4.08. The standard InChI is InChI=1S/C20H19F3N2/c1-25-19(14-9-11-15(12-10-14)20(21,22)23)17-8-4-6-13-5-2-3-7-16(13)18(17)24-25/h2-3,5,7,9-12,17,19H,4,6,8H2,1H3. The van der Waals surface area contributed by atoms with Gasteiger partial charge in [-0.15, -0.1) is 0 Å². The van der Waals surface area contributed by atoms with Crippen LogP contribution in [-0.2, 0) is 12.6 Å². The van der Waals surface area contributed by atoms with Crippen molar-refractivity contribution in [1.29, 1.82) is 0 Å². The summed E-state index contributed by atoms with van der Waals surface area (Å²) in [7, 11) is 1.91. The lowest BCUT2D eigenvalue weighted by atomic mass is 9.85. The zero-order valence-corrected chi connectivity index (χ0v) is 13.9. The first-order valence-corrected chi connectivity index (χ1v) is 8.52. The van der Waals surface area contributed by atoms with E-state index in [-0.39, 0.29) is 12.0 Å². The van der Waals surface area contributed by atoms with Gasteiger partial charge in [-0.1, -0.05) is 36.4 Å². The maximum absolute atomic E-state index is 12.8. The van der Waals surface area contributed by atoms with Crippen molar-refractivity contribution in [1.82, 2.24) is 5.01 Å². The number of benzene rings is 2. The molecule has 0 aromatic heterocycles. The number of rotatable bonds is 1. The minimum Gasteiger partial charge on any atom is -0.292 e. The van der Waals surface area contributed by atoms with E-state index in [1.807, 2.05) is 24.2 Å².